The van der Waals surface area contributed by atoms with Gasteiger partial charge in [-0.2, -0.15) is 4.31 Å². The van der Waals surface area contributed by atoms with Crippen LogP contribution in [0.1, 0.15) is 41.3 Å². The minimum absolute atomic E-state index is 0.00724. The molecule has 0 saturated carbocycles. The third kappa shape index (κ3) is 4.69. The summed E-state index contributed by atoms with van der Waals surface area (Å²) in [5.41, 5.74) is 2.04. The van der Waals surface area contributed by atoms with E-state index in [2.05, 4.69) is 19.2 Å². The standard InChI is InChI=1S/C24H28N4O5S/c1-17(2)18-7-9-20(10-8-18)34(32,33)27-13-11-26(12-14-27)23(30)21-6-4-3-5-19(21)16-28-22(29)15-25-24(28)31/h3-10,17H,11-16H2,1-2H3,(H,25,31). The van der Waals surface area contributed by atoms with Crippen LogP contribution in [0.3, 0.4) is 0 Å². The van der Waals surface area contributed by atoms with Gasteiger partial charge in [-0.1, -0.05) is 44.2 Å². The molecule has 2 aliphatic rings. The Labute approximate surface area is 199 Å². The van der Waals surface area contributed by atoms with Gasteiger partial charge in [-0.25, -0.2) is 13.2 Å². The average Bonchev–Trinajstić information content (AvgIpc) is 3.16. The second-order valence-corrected chi connectivity index (χ2v) is 10.7. The highest BCUT2D eigenvalue weighted by atomic mass is 32.2. The van der Waals surface area contributed by atoms with Gasteiger partial charge in [0.25, 0.3) is 5.91 Å². The molecule has 9 nitrogen and oxygen atoms in total. The van der Waals surface area contributed by atoms with E-state index in [9.17, 15) is 22.8 Å². The zero-order valence-electron chi connectivity index (χ0n) is 19.2. The van der Waals surface area contributed by atoms with E-state index in [-0.39, 0.29) is 56.0 Å². The molecule has 0 aromatic heterocycles. The Morgan fingerprint density at radius 1 is 0.971 bits per heavy atom. The molecule has 2 saturated heterocycles. The molecule has 0 bridgehead atoms. The summed E-state index contributed by atoms with van der Waals surface area (Å²) in [6.07, 6.45) is 0. The van der Waals surface area contributed by atoms with Crippen molar-refractivity contribution in [2.24, 2.45) is 0 Å². The van der Waals surface area contributed by atoms with Gasteiger partial charge < -0.3 is 10.2 Å². The number of carbonyl (C=O) groups excluding carboxylic acids is 3. The van der Waals surface area contributed by atoms with Gasteiger partial charge in [0.1, 0.15) is 0 Å². The Hall–Kier alpha value is -3.24. The summed E-state index contributed by atoms with van der Waals surface area (Å²) >= 11 is 0. The Balaban J connectivity index is 1.44. The number of benzene rings is 2. The smallest absolute Gasteiger partial charge is 0.324 e. The van der Waals surface area contributed by atoms with Crippen LogP contribution in [0.5, 0.6) is 0 Å². The second kappa shape index (κ2) is 9.55. The van der Waals surface area contributed by atoms with E-state index in [4.69, 9.17) is 0 Å². The van der Waals surface area contributed by atoms with Gasteiger partial charge in [-0.15, -0.1) is 0 Å². The van der Waals surface area contributed by atoms with E-state index in [0.717, 1.165) is 10.5 Å². The normalized spacial score (nSPS) is 17.4. The van der Waals surface area contributed by atoms with Crippen molar-refractivity contribution in [2.75, 3.05) is 32.7 Å². The fraction of sp³-hybridized carbons (Fsp3) is 0.375. The number of piperazine rings is 1. The van der Waals surface area contributed by atoms with Crippen molar-refractivity contribution in [3.63, 3.8) is 0 Å². The average molecular weight is 485 g/mol. The van der Waals surface area contributed by atoms with Crippen molar-refractivity contribution in [3.8, 4) is 0 Å². The molecule has 0 unspecified atom stereocenters. The van der Waals surface area contributed by atoms with Gasteiger partial charge >= 0.3 is 6.03 Å². The van der Waals surface area contributed by atoms with Crippen molar-refractivity contribution >= 4 is 27.9 Å². The number of carbonyl (C=O) groups is 3. The minimum Gasteiger partial charge on any atom is -0.336 e. The van der Waals surface area contributed by atoms with Crippen LogP contribution in [0, 0.1) is 0 Å². The fourth-order valence-corrected chi connectivity index (χ4v) is 5.55. The molecule has 0 radical (unpaired) electrons. The monoisotopic (exact) mass is 484 g/mol. The molecular weight excluding hydrogens is 456 g/mol. The number of hydrogen-bond acceptors (Lipinski definition) is 5. The summed E-state index contributed by atoms with van der Waals surface area (Å²) in [4.78, 5) is 40.0. The fourth-order valence-electron chi connectivity index (χ4n) is 4.13. The number of nitrogens with one attached hydrogen (secondary N) is 1. The maximum atomic E-state index is 13.2. The predicted molar refractivity (Wildman–Crippen MR) is 126 cm³/mol. The van der Waals surface area contributed by atoms with Gasteiger partial charge in [-0.3, -0.25) is 14.5 Å². The molecule has 4 amide bonds. The van der Waals surface area contributed by atoms with Crippen molar-refractivity contribution < 1.29 is 22.8 Å². The third-order valence-corrected chi connectivity index (χ3v) is 8.14. The Bertz CT molecular complexity index is 1190. The van der Waals surface area contributed by atoms with E-state index in [0.29, 0.717) is 17.0 Å². The number of rotatable bonds is 6. The first-order valence-corrected chi connectivity index (χ1v) is 12.7. The molecular formula is C24H28N4O5S. The van der Waals surface area contributed by atoms with Crippen LogP contribution in [0.2, 0.25) is 0 Å². The summed E-state index contributed by atoms with van der Waals surface area (Å²) in [5.74, 6) is -0.277. The number of hydrogen-bond donors (Lipinski definition) is 1. The highest BCUT2D eigenvalue weighted by Crippen LogP contribution is 2.22. The molecule has 2 fully saturated rings. The van der Waals surface area contributed by atoms with Gasteiger partial charge in [-0.05, 0) is 35.2 Å². The van der Waals surface area contributed by atoms with Gasteiger partial charge in [0.2, 0.25) is 15.9 Å². The summed E-state index contributed by atoms with van der Waals surface area (Å²) < 4.78 is 27.5. The number of sulfonamides is 1. The Morgan fingerprint density at radius 3 is 2.21 bits per heavy atom. The maximum Gasteiger partial charge on any atom is 0.324 e. The van der Waals surface area contributed by atoms with Crippen LogP contribution in [-0.4, -0.2) is 73.1 Å². The molecule has 2 heterocycles. The largest absolute Gasteiger partial charge is 0.336 e. The number of nitrogens with zero attached hydrogens (tertiary/aromatic N) is 3. The van der Waals surface area contributed by atoms with Crippen LogP contribution in [0.4, 0.5) is 4.79 Å². The van der Waals surface area contributed by atoms with Crippen LogP contribution >= 0.6 is 0 Å². The zero-order valence-corrected chi connectivity index (χ0v) is 20.0. The molecule has 2 aliphatic heterocycles. The van der Waals surface area contributed by atoms with Crippen molar-refractivity contribution in [2.45, 2.75) is 31.2 Å². The lowest BCUT2D eigenvalue weighted by atomic mass is 10.0. The summed E-state index contributed by atoms with van der Waals surface area (Å²) in [6, 6.07) is 13.3. The summed E-state index contributed by atoms with van der Waals surface area (Å²) in [7, 11) is -3.65. The predicted octanol–water partition coefficient (Wildman–Crippen LogP) is 2.01. The van der Waals surface area contributed by atoms with E-state index >= 15 is 0 Å². The quantitative estimate of drug-likeness (QED) is 0.632. The summed E-state index contributed by atoms with van der Waals surface area (Å²) in [6.45, 7) is 4.94. The lowest BCUT2D eigenvalue weighted by Crippen LogP contribution is -2.50. The van der Waals surface area contributed by atoms with Crippen molar-refractivity contribution in [3.05, 3.63) is 65.2 Å². The van der Waals surface area contributed by atoms with Crippen LogP contribution in [0.25, 0.3) is 0 Å². The van der Waals surface area contributed by atoms with E-state index in [1.165, 1.54) is 4.31 Å². The molecule has 180 valence electrons. The maximum absolute atomic E-state index is 13.2. The van der Waals surface area contributed by atoms with Crippen molar-refractivity contribution in [1.29, 1.82) is 0 Å². The van der Waals surface area contributed by atoms with E-state index in [1.807, 2.05) is 12.1 Å². The van der Waals surface area contributed by atoms with E-state index < -0.39 is 16.1 Å². The van der Waals surface area contributed by atoms with Crippen molar-refractivity contribution in [1.82, 2.24) is 19.4 Å². The number of amides is 4. The zero-order chi connectivity index (χ0) is 24.5. The van der Waals surface area contributed by atoms with Crippen LogP contribution < -0.4 is 5.32 Å². The molecule has 0 aliphatic carbocycles. The molecule has 2 aromatic carbocycles. The molecule has 0 spiro atoms. The molecule has 10 heteroatoms. The number of urea groups is 1. The highest BCUT2D eigenvalue weighted by molar-refractivity contribution is 7.89. The van der Waals surface area contributed by atoms with Crippen LogP contribution in [0.15, 0.2) is 53.4 Å². The van der Waals surface area contributed by atoms with Gasteiger partial charge in [0.05, 0.1) is 18.0 Å². The molecule has 2 aromatic rings. The van der Waals surface area contributed by atoms with Crippen LogP contribution in [-0.2, 0) is 21.4 Å². The SMILES string of the molecule is CC(C)c1ccc(S(=O)(=O)N2CCN(C(=O)c3ccccc3CN3C(=O)CNC3=O)CC2)cc1. The topological polar surface area (TPSA) is 107 Å². The van der Waals surface area contributed by atoms with Gasteiger partial charge in [0, 0.05) is 31.7 Å². The first-order chi connectivity index (χ1) is 16.2. The molecule has 4 rings (SSSR count). The van der Waals surface area contributed by atoms with Gasteiger partial charge in [0.15, 0.2) is 0 Å². The second-order valence-electron chi connectivity index (χ2n) is 8.72. The highest BCUT2D eigenvalue weighted by Gasteiger charge is 2.33. The Morgan fingerprint density at radius 2 is 1.62 bits per heavy atom. The summed E-state index contributed by atoms with van der Waals surface area (Å²) in [5, 5.41) is 2.47. The Kier molecular flexibility index (Phi) is 6.72. The first kappa shape index (κ1) is 23.9. The molecule has 34 heavy (non-hydrogen) atoms. The molecule has 1 N–H and O–H groups in total. The lowest BCUT2D eigenvalue weighted by Gasteiger charge is -2.34. The molecule has 0 atom stereocenters. The third-order valence-electron chi connectivity index (χ3n) is 6.22. The van der Waals surface area contributed by atoms with E-state index in [1.54, 1.807) is 41.3 Å². The first-order valence-electron chi connectivity index (χ1n) is 11.2. The number of imide groups is 1. The minimum atomic E-state index is -3.65. The lowest BCUT2D eigenvalue weighted by molar-refractivity contribution is -0.125.